The van der Waals surface area contributed by atoms with Crippen LogP contribution in [0.2, 0.25) is 0 Å². The lowest BCUT2D eigenvalue weighted by atomic mass is 10.2. The number of carbonyl (C=O) groups excluding carboxylic acids is 1. The Labute approximate surface area is 176 Å². The second-order valence-electron chi connectivity index (χ2n) is 6.59. The first kappa shape index (κ1) is 20.8. The molecule has 1 aliphatic rings. The van der Waals surface area contributed by atoms with Gasteiger partial charge in [-0.3, -0.25) is 4.79 Å². The van der Waals surface area contributed by atoms with Crippen molar-refractivity contribution in [2.45, 2.75) is 11.4 Å². The summed E-state index contributed by atoms with van der Waals surface area (Å²) in [5, 5.41) is 2.23. The lowest BCUT2D eigenvalue weighted by Gasteiger charge is -2.10. The SMILES string of the molecule is O=C(Nc1ccc(S(=O)(=O)NCc2ccc3c(c2)OCO3)cc1F)c1ccccc1F. The maximum atomic E-state index is 14.4. The van der Waals surface area contributed by atoms with Crippen LogP contribution in [0.25, 0.3) is 0 Å². The number of nitrogens with one attached hydrogen (secondary N) is 2. The van der Waals surface area contributed by atoms with Crippen molar-refractivity contribution in [1.82, 2.24) is 4.72 Å². The van der Waals surface area contributed by atoms with Crippen molar-refractivity contribution in [2.75, 3.05) is 12.1 Å². The van der Waals surface area contributed by atoms with E-state index >= 15 is 0 Å². The van der Waals surface area contributed by atoms with Gasteiger partial charge in [0.05, 0.1) is 16.1 Å². The molecular formula is C21H16F2N2O5S. The maximum Gasteiger partial charge on any atom is 0.258 e. The summed E-state index contributed by atoms with van der Waals surface area (Å²) in [6.07, 6.45) is 0. The molecule has 3 aromatic rings. The zero-order valence-corrected chi connectivity index (χ0v) is 16.7. The molecule has 0 bridgehead atoms. The minimum absolute atomic E-state index is 0.0492. The summed E-state index contributed by atoms with van der Waals surface area (Å²) in [6.45, 7) is 0.0515. The van der Waals surface area contributed by atoms with Gasteiger partial charge in [-0.25, -0.2) is 21.9 Å². The van der Waals surface area contributed by atoms with Crippen molar-refractivity contribution < 1.29 is 31.5 Å². The molecule has 10 heteroatoms. The molecule has 0 fully saturated rings. The molecule has 1 aliphatic heterocycles. The molecule has 4 rings (SSSR count). The molecule has 3 aromatic carbocycles. The molecule has 1 amide bonds. The summed E-state index contributed by atoms with van der Waals surface area (Å²) < 4.78 is 66.0. The summed E-state index contributed by atoms with van der Waals surface area (Å²) in [5.41, 5.74) is 0.0917. The Morgan fingerprint density at radius 1 is 0.935 bits per heavy atom. The molecule has 31 heavy (non-hydrogen) atoms. The maximum absolute atomic E-state index is 14.4. The van der Waals surface area contributed by atoms with E-state index in [0.29, 0.717) is 17.1 Å². The summed E-state index contributed by atoms with van der Waals surface area (Å²) in [5.74, 6) is -1.50. The van der Waals surface area contributed by atoms with E-state index in [-0.39, 0.29) is 29.5 Å². The highest BCUT2D eigenvalue weighted by Crippen LogP contribution is 2.32. The number of amides is 1. The second kappa shape index (κ2) is 8.32. The van der Waals surface area contributed by atoms with Crippen LogP contribution in [0.5, 0.6) is 11.5 Å². The smallest absolute Gasteiger partial charge is 0.258 e. The van der Waals surface area contributed by atoms with Crippen LogP contribution in [0, 0.1) is 11.6 Å². The Kier molecular flexibility index (Phi) is 5.57. The van der Waals surface area contributed by atoms with E-state index in [1.807, 2.05) is 0 Å². The highest BCUT2D eigenvalue weighted by Gasteiger charge is 2.19. The molecule has 0 radical (unpaired) electrons. The largest absolute Gasteiger partial charge is 0.454 e. The van der Waals surface area contributed by atoms with Crippen LogP contribution in [0.4, 0.5) is 14.5 Å². The minimum atomic E-state index is -4.03. The summed E-state index contributed by atoms with van der Waals surface area (Å²) in [7, 11) is -4.03. The molecule has 0 saturated carbocycles. The van der Waals surface area contributed by atoms with Crippen molar-refractivity contribution in [3.63, 3.8) is 0 Å². The van der Waals surface area contributed by atoms with Gasteiger partial charge in [-0.05, 0) is 48.0 Å². The monoisotopic (exact) mass is 446 g/mol. The van der Waals surface area contributed by atoms with Gasteiger partial charge in [0.2, 0.25) is 16.8 Å². The average Bonchev–Trinajstić information content (AvgIpc) is 3.22. The Morgan fingerprint density at radius 3 is 2.48 bits per heavy atom. The lowest BCUT2D eigenvalue weighted by Crippen LogP contribution is -2.23. The van der Waals surface area contributed by atoms with Gasteiger partial charge in [-0.2, -0.15) is 0 Å². The number of benzene rings is 3. The quantitative estimate of drug-likeness (QED) is 0.605. The fourth-order valence-corrected chi connectivity index (χ4v) is 3.94. The zero-order chi connectivity index (χ0) is 22.0. The van der Waals surface area contributed by atoms with Gasteiger partial charge in [0.1, 0.15) is 11.6 Å². The first-order chi connectivity index (χ1) is 14.8. The number of anilines is 1. The Morgan fingerprint density at radius 2 is 1.71 bits per heavy atom. The summed E-state index contributed by atoms with van der Waals surface area (Å²) in [4.78, 5) is 11.8. The fourth-order valence-electron chi connectivity index (χ4n) is 2.91. The highest BCUT2D eigenvalue weighted by atomic mass is 32.2. The fraction of sp³-hybridized carbons (Fsp3) is 0.0952. The van der Waals surface area contributed by atoms with E-state index in [2.05, 4.69) is 10.0 Å². The summed E-state index contributed by atoms with van der Waals surface area (Å²) >= 11 is 0. The minimum Gasteiger partial charge on any atom is -0.454 e. The molecule has 160 valence electrons. The molecule has 0 unspecified atom stereocenters. The number of hydrogen-bond donors (Lipinski definition) is 2. The van der Waals surface area contributed by atoms with E-state index in [0.717, 1.165) is 24.3 Å². The molecular weight excluding hydrogens is 430 g/mol. The standard InChI is InChI=1S/C21H16F2N2O5S/c22-16-4-2-1-3-15(16)21(26)25-18-7-6-14(10-17(18)23)31(27,28)24-11-13-5-8-19-20(9-13)30-12-29-19/h1-10,24H,11-12H2,(H,25,26). The molecule has 0 atom stereocenters. The van der Waals surface area contributed by atoms with Gasteiger partial charge < -0.3 is 14.8 Å². The molecule has 0 aliphatic carbocycles. The van der Waals surface area contributed by atoms with Gasteiger partial charge in [0, 0.05) is 6.54 Å². The first-order valence-electron chi connectivity index (χ1n) is 9.07. The normalized spacial score (nSPS) is 12.6. The van der Waals surface area contributed by atoms with Crippen molar-refractivity contribution >= 4 is 21.6 Å². The molecule has 1 heterocycles. The van der Waals surface area contributed by atoms with E-state index in [9.17, 15) is 22.0 Å². The third-order valence-corrected chi connectivity index (χ3v) is 5.92. The van der Waals surface area contributed by atoms with E-state index in [1.165, 1.54) is 18.2 Å². The van der Waals surface area contributed by atoms with E-state index < -0.39 is 27.6 Å². The van der Waals surface area contributed by atoms with Crippen LogP contribution < -0.4 is 19.5 Å². The number of fused-ring (bicyclic) bond motifs is 1. The average molecular weight is 446 g/mol. The Bertz CT molecular complexity index is 1260. The molecule has 7 nitrogen and oxygen atoms in total. The third kappa shape index (κ3) is 4.49. The lowest BCUT2D eigenvalue weighted by molar-refractivity contribution is 0.102. The molecule has 0 spiro atoms. The highest BCUT2D eigenvalue weighted by molar-refractivity contribution is 7.89. The van der Waals surface area contributed by atoms with Crippen LogP contribution in [0.15, 0.2) is 65.6 Å². The van der Waals surface area contributed by atoms with Crippen molar-refractivity contribution in [2.24, 2.45) is 0 Å². The zero-order valence-electron chi connectivity index (χ0n) is 15.9. The van der Waals surface area contributed by atoms with E-state index in [1.54, 1.807) is 18.2 Å². The van der Waals surface area contributed by atoms with Crippen molar-refractivity contribution in [1.29, 1.82) is 0 Å². The number of sulfonamides is 1. The number of carbonyl (C=O) groups is 1. The molecule has 2 N–H and O–H groups in total. The third-order valence-electron chi connectivity index (χ3n) is 4.52. The number of halogens is 2. The number of ether oxygens (including phenoxy) is 2. The van der Waals surface area contributed by atoms with Crippen molar-refractivity contribution in [3.05, 3.63) is 83.4 Å². The van der Waals surface area contributed by atoms with Gasteiger partial charge in [-0.1, -0.05) is 18.2 Å². The Hall–Kier alpha value is -3.50. The van der Waals surface area contributed by atoms with Crippen molar-refractivity contribution in [3.8, 4) is 11.5 Å². The Balaban J connectivity index is 1.46. The van der Waals surface area contributed by atoms with Crippen LogP contribution in [-0.2, 0) is 16.6 Å². The summed E-state index contributed by atoms with van der Waals surface area (Å²) in [6, 6.07) is 13.3. The van der Waals surface area contributed by atoms with Crippen LogP contribution in [0.3, 0.4) is 0 Å². The van der Waals surface area contributed by atoms with Gasteiger partial charge in [-0.15, -0.1) is 0 Å². The molecule has 0 aromatic heterocycles. The van der Waals surface area contributed by atoms with Gasteiger partial charge in [0.15, 0.2) is 11.5 Å². The second-order valence-corrected chi connectivity index (χ2v) is 8.35. The van der Waals surface area contributed by atoms with Gasteiger partial charge >= 0.3 is 0 Å². The topological polar surface area (TPSA) is 93.7 Å². The number of hydrogen-bond acceptors (Lipinski definition) is 5. The van der Waals surface area contributed by atoms with Crippen LogP contribution >= 0.6 is 0 Å². The first-order valence-corrected chi connectivity index (χ1v) is 10.6. The van der Waals surface area contributed by atoms with Crippen LogP contribution in [0.1, 0.15) is 15.9 Å². The number of rotatable bonds is 6. The predicted molar refractivity (Wildman–Crippen MR) is 107 cm³/mol. The van der Waals surface area contributed by atoms with E-state index in [4.69, 9.17) is 9.47 Å². The predicted octanol–water partition coefficient (Wildman–Crippen LogP) is 3.42. The van der Waals surface area contributed by atoms with Gasteiger partial charge in [0.25, 0.3) is 5.91 Å². The van der Waals surface area contributed by atoms with Crippen LogP contribution in [-0.4, -0.2) is 21.1 Å². The molecule has 0 saturated heterocycles.